The number of hydrogen-bond donors (Lipinski definition) is 2. The minimum absolute atomic E-state index is 0.239. The molecule has 0 saturated heterocycles. The molecule has 1 atom stereocenters. The predicted molar refractivity (Wildman–Crippen MR) is 131 cm³/mol. The van der Waals surface area contributed by atoms with Crippen LogP contribution in [-0.2, 0) is 12.8 Å². The number of fused-ring (bicyclic) bond motifs is 3. The van der Waals surface area contributed by atoms with Crippen LogP contribution in [0.2, 0.25) is 0 Å². The van der Waals surface area contributed by atoms with Crippen LogP contribution in [0.15, 0.2) is 79.0 Å². The first-order valence-corrected chi connectivity index (χ1v) is 11.0. The van der Waals surface area contributed by atoms with Gasteiger partial charge in [0.05, 0.1) is 5.69 Å². The van der Waals surface area contributed by atoms with Crippen LogP contribution in [0.4, 0.5) is 5.69 Å². The van der Waals surface area contributed by atoms with Gasteiger partial charge in [0.1, 0.15) is 5.82 Å². The number of nitrogens with zero attached hydrogens (tertiary/aromatic N) is 2. The second-order valence-electron chi connectivity index (χ2n) is 8.26. The van der Waals surface area contributed by atoms with Crippen LogP contribution >= 0.6 is 0 Å². The number of nitrogen functional groups attached to an aromatic ring is 1. The molecule has 0 bridgehead atoms. The van der Waals surface area contributed by atoms with Gasteiger partial charge in [-0.3, -0.25) is 0 Å². The fourth-order valence-corrected chi connectivity index (χ4v) is 4.13. The number of benzene rings is 3. The van der Waals surface area contributed by atoms with E-state index in [1.165, 1.54) is 33.4 Å². The van der Waals surface area contributed by atoms with Gasteiger partial charge in [-0.05, 0) is 61.1 Å². The monoisotopic (exact) mass is 423 g/mol. The summed E-state index contributed by atoms with van der Waals surface area (Å²) in [6.45, 7) is 4.24. The Bertz CT molecular complexity index is 1180. The second-order valence-corrected chi connectivity index (χ2v) is 8.26. The summed E-state index contributed by atoms with van der Waals surface area (Å²) in [4.78, 5) is 9.04. The Morgan fingerprint density at radius 2 is 1.66 bits per heavy atom. The average Bonchev–Trinajstić information content (AvgIpc) is 2.81. The minimum Gasteiger partial charge on any atom is -0.399 e. The smallest absolute Gasteiger partial charge is 0.125 e. The van der Waals surface area contributed by atoms with Crippen molar-refractivity contribution in [2.24, 2.45) is 0 Å². The maximum absolute atomic E-state index is 8.59. The quantitative estimate of drug-likeness (QED) is 0.441. The summed E-state index contributed by atoms with van der Waals surface area (Å²) in [6.07, 6.45) is 3.66. The Labute approximate surface area is 189 Å². The first-order chi connectivity index (χ1) is 15.5. The largest absolute Gasteiger partial charge is 0.399 e. The van der Waals surface area contributed by atoms with E-state index in [0.717, 1.165) is 30.0 Å². The lowest BCUT2D eigenvalue weighted by atomic mass is 9.78. The highest BCUT2D eigenvalue weighted by Gasteiger charge is 2.26. The van der Waals surface area contributed by atoms with Gasteiger partial charge in [-0.2, -0.15) is 0 Å². The third-order valence-electron chi connectivity index (χ3n) is 5.86. The molecule has 1 aliphatic carbocycles. The summed E-state index contributed by atoms with van der Waals surface area (Å²) in [5.74, 6) is 1.15. The molecule has 5 rings (SSSR count). The van der Waals surface area contributed by atoms with Crippen LogP contribution in [0.3, 0.4) is 0 Å². The fourth-order valence-electron chi connectivity index (χ4n) is 4.13. The Hall–Kier alpha value is -3.50. The molecule has 32 heavy (non-hydrogen) atoms. The molecule has 0 fully saturated rings. The third kappa shape index (κ3) is 4.87. The summed E-state index contributed by atoms with van der Waals surface area (Å²) >= 11 is 0. The number of aliphatic hydroxyl groups excluding tert-OH is 1. The fraction of sp³-hybridized carbons (Fsp3) is 0.214. The SMILES string of the molecule is Cc1ccc(CCO)cc1.Cc1ncc2c(n1)-c1ccccc1C(c1ccc(N)cc1)C2. The van der Waals surface area contributed by atoms with Gasteiger partial charge in [0.2, 0.25) is 0 Å². The topological polar surface area (TPSA) is 72.0 Å². The Morgan fingerprint density at radius 1 is 0.938 bits per heavy atom. The highest BCUT2D eigenvalue weighted by atomic mass is 16.2. The Morgan fingerprint density at radius 3 is 2.38 bits per heavy atom. The van der Waals surface area contributed by atoms with Crippen molar-refractivity contribution in [2.45, 2.75) is 32.6 Å². The number of aryl methyl sites for hydroxylation is 2. The van der Waals surface area contributed by atoms with Crippen molar-refractivity contribution in [1.29, 1.82) is 0 Å². The molecule has 1 aliphatic rings. The van der Waals surface area contributed by atoms with Crippen molar-refractivity contribution in [3.05, 3.63) is 113 Å². The summed E-state index contributed by atoms with van der Waals surface area (Å²) in [5.41, 5.74) is 15.2. The highest BCUT2D eigenvalue weighted by molar-refractivity contribution is 5.71. The number of hydrogen-bond acceptors (Lipinski definition) is 4. The predicted octanol–water partition coefficient (Wildman–Crippen LogP) is 5.25. The average molecular weight is 424 g/mol. The van der Waals surface area contributed by atoms with E-state index in [2.05, 4.69) is 65.4 Å². The molecule has 1 aromatic heterocycles. The maximum Gasteiger partial charge on any atom is 0.125 e. The molecule has 4 aromatic rings. The van der Waals surface area contributed by atoms with E-state index < -0.39 is 0 Å². The zero-order chi connectivity index (χ0) is 22.5. The maximum atomic E-state index is 8.59. The zero-order valence-corrected chi connectivity index (χ0v) is 18.6. The first-order valence-electron chi connectivity index (χ1n) is 11.0. The van der Waals surface area contributed by atoms with Crippen LogP contribution in [0, 0.1) is 13.8 Å². The molecule has 0 aliphatic heterocycles. The highest BCUT2D eigenvalue weighted by Crippen LogP contribution is 2.41. The molecular formula is C28H29N3O. The molecule has 162 valence electrons. The lowest BCUT2D eigenvalue weighted by molar-refractivity contribution is 0.299. The van der Waals surface area contributed by atoms with Gasteiger partial charge in [0, 0.05) is 30.0 Å². The Kier molecular flexibility index (Phi) is 6.62. The lowest BCUT2D eigenvalue weighted by Gasteiger charge is -2.27. The standard InChI is InChI=1S/C19H17N3.C9H12O/c1-12-21-11-14-10-18(13-6-8-15(20)9-7-13)16-4-2-3-5-17(16)19(14)22-12;1-8-2-4-9(5-3-8)6-7-10/h2-9,11,18H,10,20H2,1H3;2-5,10H,6-7H2,1H3. The van der Waals surface area contributed by atoms with Crippen LogP contribution in [0.25, 0.3) is 11.3 Å². The van der Waals surface area contributed by atoms with Crippen molar-refractivity contribution < 1.29 is 5.11 Å². The zero-order valence-electron chi connectivity index (χ0n) is 18.6. The molecule has 3 aromatic carbocycles. The van der Waals surface area contributed by atoms with Crippen molar-refractivity contribution in [1.82, 2.24) is 9.97 Å². The number of nitrogens with two attached hydrogens (primary N) is 1. The minimum atomic E-state index is 0.239. The molecule has 0 spiro atoms. The normalized spacial score (nSPS) is 14.0. The van der Waals surface area contributed by atoms with Crippen molar-refractivity contribution >= 4 is 5.69 Å². The first kappa shape index (κ1) is 21.7. The lowest BCUT2D eigenvalue weighted by Crippen LogP contribution is -2.14. The molecule has 0 saturated carbocycles. The van der Waals surface area contributed by atoms with Gasteiger partial charge in [-0.1, -0.05) is 66.2 Å². The van der Waals surface area contributed by atoms with Gasteiger partial charge < -0.3 is 10.8 Å². The van der Waals surface area contributed by atoms with Crippen LogP contribution in [-0.4, -0.2) is 21.7 Å². The van der Waals surface area contributed by atoms with Gasteiger partial charge in [-0.25, -0.2) is 9.97 Å². The van der Waals surface area contributed by atoms with E-state index in [0.29, 0.717) is 5.92 Å². The summed E-state index contributed by atoms with van der Waals surface area (Å²) in [7, 11) is 0. The van der Waals surface area contributed by atoms with E-state index in [1.54, 1.807) is 0 Å². The van der Waals surface area contributed by atoms with E-state index in [4.69, 9.17) is 10.8 Å². The molecule has 1 unspecified atom stereocenters. The molecule has 0 radical (unpaired) electrons. The molecule has 3 N–H and O–H groups in total. The van der Waals surface area contributed by atoms with Crippen LogP contribution < -0.4 is 5.73 Å². The van der Waals surface area contributed by atoms with E-state index >= 15 is 0 Å². The Balaban J connectivity index is 0.000000207. The van der Waals surface area contributed by atoms with Crippen LogP contribution in [0.5, 0.6) is 0 Å². The third-order valence-corrected chi connectivity index (χ3v) is 5.86. The van der Waals surface area contributed by atoms with Crippen LogP contribution in [0.1, 0.15) is 39.6 Å². The number of aromatic nitrogens is 2. The van der Waals surface area contributed by atoms with E-state index in [1.807, 2.05) is 37.4 Å². The second kappa shape index (κ2) is 9.75. The molecule has 4 nitrogen and oxygen atoms in total. The molecule has 1 heterocycles. The number of aliphatic hydroxyl groups is 1. The van der Waals surface area contributed by atoms with Gasteiger partial charge in [0.15, 0.2) is 0 Å². The van der Waals surface area contributed by atoms with Gasteiger partial charge in [0.25, 0.3) is 0 Å². The molecular weight excluding hydrogens is 394 g/mol. The number of anilines is 1. The van der Waals surface area contributed by atoms with E-state index in [-0.39, 0.29) is 6.61 Å². The summed E-state index contributed by atoms with van der Waals surface area (Å²) in [6, 6.07) is 24.9. The van der Waals surface area contributed by atoms with E-state index in [9.17, 15) is 0 Å². The summed E-state index contributed by atoms with van der Waals surface area (Å²) < 4.78 is 0. The van der Waals surface area contributed by atoms with Crippen molar-refractivity contribution in [3.63, 3.8) is 0 Å². The molecule has 4 heteroatoms. The number of rotatable bonds is 3. The van der Waals surface area contributed by atoms with Gasteiger partial charge >= 0.3 is 0 Å². The molecule has 0 amide bonds. The van der Waals surface area contributed by atoms with Crippen molar-refractivity contribution in [2.75, 3.05) is 12.3 Å². The van der Waals surface area contributed by atoms with Gasteiger partial charge in [-0.15, -0.1) is 0 Å². The summed E-state index contributed by atoms with van der Waals surface area (Å²) in [5, 5.41) is 8.59. The van der Waals surface area contributed by atoms with Crippen molar-refractivity contribution in [3.8, 4) is 11.3 Å².